The van der Waals surface area contributed by atoms with E-state index in [4.69, 9.17) is 4.74 Å². The SMILES string of the molecule is O=C1/C(=C/c2cn(CC3CCCCC3)c3ccc(Br)cc23)Oc2cc(O)cc(O)c21. The number of benzene rings is 2. The molecule has 0 atom stereocenters. The van der Waals surface area contributed by atoms with E-state index in [9.17, 15) is 15.0 Å². The van der Waals surface area contributed by atoms with Crippen molar-refractivity contribution in [3.63, 3.8) is 0 Å². The predicted octanol–water partition coefficient (Wildman–Crippen LogP) is 6.01. The molecule has 1 fully saturated rings. The minimum absolute atomic E-state index is 0.0891. The van der Waals surface area contributed by atoms with E-state index >= 15 is 0 Å². The number of hydrogen-bond donors (Lipinski definition) is 2. The summed E-state index contributed by atoms with van der Waals surface area (Å²) in [6.07, 6.45) is 10.2. The topological polar surface area (TPSA) is 71.7 Å². The fourth-order valence-electron chi connectivity index (χ4n) is 4.63. The van der Waals surface area contributed by atoms with Gasteiger partial charge in [-0.1, -0.05) is 35.2 Å². The third-order valence-electron chi connectivity index (χ3n) is 6.08. The Hall–Kier alpha value is -2.73. The van der Waals surface area contributed by atoms with Crippen LogP contribution in [0.25, 0.3) is 17.0 Å². The number of fused-ring (bicyclic) bond motifs is 2. The number of halogens is 1. The summed E-state index contributed by atoms with van der Waals surface area (Å²) in [5, 5.41) is 20.8. The molecule has 154 valence electrons. The first-order valence-electron chi connectivity index (χ1n) is 10.3. The molecule has 6 heteroatoms. The highest BCUT2D eigenvalue weighted by molar-refractivity contribution is 9.10. The van der Waals surface area contributed by atoms with Crippen LogP contribution in [-0.2, 0) is 6.54 Å². The first-order valence-corrected chi connectivity index (χ1v) is 11.1. The standard InChI is InChI=1S/C24H22BrNO4/c25-16-6-7-19-18(9-16)15(13-26(19)12-14-4-2-1-3-5-14)8-22-24(29)23-20(28)10-17(27)11-21(23)30-22/h6-11,13-14,27-28H,1-5,12H2/b22-8-. The molecule has 2 heterocycles. The van der Waals surface area contributed by atoms with E-state index in [0.29, 0.717) is 5.92 Å². The average Bonchev–Trinajstić information content (AvgIpc) is 3.20. The van der Waals surface area contributed by atoms with Gasteiger partial charge in [-0.3, -0.25) is 4.79 Å². The fourth-order valence-corrected chi connectivity index (χ4v) is 4.99. The van der Waals surface area contributed by atoms with Crippen molar-refractivity contribution in [1.82, 2.24) is 4.57 Å². The molecule has 0 saturated heterocycles. The van der Waals surface area contributed by atoms with Crippen LogP contribution in [0.2, 0.25) is 0 Å². The number of rotatable bonds is 3. The maximum atomic E-state index is 12.8. The molecule has 1 saturated carbocycles. The lowest BCUT2D eigenvalue weighted by Gasteiger charge is -2.22. The first-order chi connectivity index (χ1) is 14.5. The molecule has 0 amide bonds. The summed E-state index contributed by atoms with van der Waals surface area (Å²) in [5.41, 5.74) is 2.10. The number of allylic oxidation sites excluding steroid dienone is 1. The number of hydrogen-bond acceptors (Lipinski definition) is 4. The highest BCUT2D eigenvalue weighted by Gasteiger charge is 2.31. The van der Waals surface area contributed by atoms with Crippen LogP contribution in [0, 0.1) is 5.92 Å². The monoisotopic (exact) mass is 467 g/mol. The van der Waals surface area contributed by atoms with Crippen molar-refractivity contribution >= 4 is 38.7 Å². The van der Waals surface area contributed by atoms with Gasteiger partial charge in [0.1, 0.15) is 22.8 Å². The number of nitrogens with zero attached hydrogens (tertiary/aromatic N) is 1. The molecule has 0 bridgehead atoms. The largest absolute Gasteiger partial charge is 0.508 e. The summed E-state index contributed by atoms with van der Waals surface area (Å²) < 4.78 is 8.94. The molecule has 2 aromatic carbocycles. The van der Waals surface area contributed by atoms with Gasteiger partial charge in [-0.25, -0.2) is 0 Å². The Balaban J connectivity index is 1.55. The number of phenols is 2. The lowest BCUT2D eigenvalue weighted by molar-refractivity contribution is 0.101. The number of ketones is 1. The minimum Gasteiger partial charge on any atom is -0.508 e. The van der Waals surface area contributed by atoms with Crippen molar-refractivity contribution in [2.45, 2.75) is 38.6 Å². The van der Waals surface area contributed by atoms with Crippen molar-refractivity contribution < 1.29 is 19.7 Å². The van der Waals surface area contributed by atoms with Crippen LogP contribution in [0.5, 0.6) is 17.2 Å². The van der Waals surface area contributed by atoms with E-state index in [1.807, 2.05) is 6.07 Å². The van der Waals surface area contributed by atoms with Crippen molar-refractivity contribution in [2.24, 2.45) is 5.92 Å². The molecular formula is C24H22BrNO4. The third kappa shape index (κ3) is 3.39. The zero-order valence-electron chi connectivity index (χ0n) is 16.4. The number of aromatic nitrogens is 1. The van der Waals surface area contributed by atoms with E-state index in [1.54, 1.807) is 6.08 Å². The summed E-state index contributed by atoms with van der Waals surface area (Å²) in [7, 11) is 0. The van der Waals surface area contributed by atoms with Crippen LogP contribution >= 0.6 is 15.9 Å². The molecule has 0 radical (unpaired) electrons. The Morgan fingerprint density at radius 1 is 1.13 bits per heavy atom. The van der Waals surface area contributed by atoms with Gasteiger partial charge < -0.3 is 19.5 Å². The van der Waals surface area contributed by atoms with Gasteiger partial charge in [0.25, 0.3) is 0 Å². The second-order valence-corrected chi connectivity index (χ2v) is 9.10. The number of phenolic OH excluding ortho intramolecular Hbond substituents is 2. The normalized spacial score (nSPS) is 18.2. The van der Waals surface area contributed by atoms with E-state index in [1.165, 1.54) is 38.2 Å². The van der Waals surface area contributed by atoms with Gasteiger partial charge in [0.15, 0.2) is 5.76 Å². The number of carbonyl (C=O) groups is 1. The maximum absolute atomic E-state index is 12.8. The number of aromatic hydroxyl groups is 2. The molecule has 2 N–H and O–H groups in total. The minimum atomic E-state index is -0.384. The third-order valence-corrected chi connectivity index (χ3v) is 6.57. The lowest BCUT2D eigenvalue weighted by atomic mass is 9.89. The van der Waals surface area contributed by atoms with Crippen molar-refractivity contribution in [3.8, 4) is 17.2 Å². The lowest BCUT2D eigenvalue weighted by Crippen LogP contribution is -2.13. The summed E-state index contributed by atoms with van der Waals surface area (Å²) in [6, 6.07) is 8.67. The summed E-state index contributed by atoms with van der Waals surface area (Å²) in [5.74, 6) is 0.186. The summed E-state index contributed by atoms with van der Waals surface area (Å²) in [6.45, 7) is 0.963. The van der Waals surface area contributed by atoms with Gasteiger partial charge in [0.05, 0.1) is 0 Å². The average molecular weight is 468 g/mol. The van der Waals surface area contributed by atoms with Gasteiger partial charge >= 0.3 is 0 Å². The molecule has 0 spiro atoms. The van der Waals surface area contributed by atoms with E-state index in [2.05, 4.69) is 38.8 Å². The Bertz CT molecular complexity index is 1190. The predicted molar refractivity (Wildman–Crippen MR) is 119 cm³/mol. The molecule has 0 unspecified atom stereocenters. The molecule has 3 aromatic rings. The number of carbonyl (C=O) groups excluding carboxylic acids is 1. The Labute approximate surface area is 182 Å². The van der Waals surface area contributed by atoms with E-state index in [0.717, 1.165) is 33.6 Å². The molecule has 2 aliphatic rings. The second-order valence-electron chi connectivity index (χ2n) is 8.18. The zero-order chi connectivity index (χ0) is 20.8. The number of ether oxygens (including phenoxy) is 1. The summed E-state index contributed by atoms with van der Waals surface area (Å²) in [4.78, 5) is 12.8. The van der Waals surface area contributed by atoms with E-state index < -0.39 is 0 Å². The quantitative estimate of drug-likeness (QED) is 0.462. The van der Waals surface area contributed by atoms with Crippen LogP contribution in [0.4, 0.5) is 0 Å². The second kappa shape index (κ2) is 7.51. The molecular weight excluding hydrogens is 446 g/mol. The van der Waals surface area contributed by atoms with Crippen LogP contribution in [0.15, 0.2) is 46.8 Å². The molecule has 5 nitrogen and oxygen atoms in total. The zero-order valence-corrected chi connectivity index (χ0v) is 18.0. The highest BCUT2D eigenvalue weighted by Crippen LogP contribution is 2.41. The van der Waals surface area contributed by atoms with Crippen molar-refractivity contribution in [2.75, 3.05) is 0 Å². The van der Waals surface area contributed by atoms with E-state index in [-0.39, 0.29) is 34.4 Å². The van der Waals surface area contributed by atoms with Crippen molar-refractivity contribution in [3.05, 3.63) is 57.9 Å². The summed E-state index contributed by atoms with van der Waals surface area (Å²) >= 11 is 3.55. The van der Waals surface area contributed by atoms with Crippen LogP contribution in [-0.4, -0.2) is 20.6 Å². The van der Waals surface area contributed by atoms with Gasteiger partial charge in [-0.05, 0) is 43.0 Å². The fraction of sp³-hybridized carbons (Fsp3) is 0.292. The van der Waals surface area contributed by atoms with Crippen molar-refractivity contribution in [1.29, 1.82) is 0 Å². The maximum Gasteiger partial charge on any atom is 0.235 e. The smallest absolute Gasteiger partial charge is 0.235 e. The Morgan fingerprint density at radius 3 is 2.73 bits per heavy atom. The first kappa shape index (κ1) is 19.2. The van der Waals surface area contributed by atoms with Gasteiger partial charge in [0, 0.05) is 45.8 Å². The molecule has 5 rings (SSSR count). The van der Waals surface area contributed by atoms with Gasteiger partial charge in [0.2, 0.25) is 5.78 Å². The Morgan fingerprint density at radius 2 is 1.93 bits per heavy atom. The molecule has 1 aliphatic carbocycles. The van der Waals surface area contributed by atoms with Gasteiger partial charge in [-0.2, -0.15) is 0 Å². The Kier molecular flexibility index (Phi) is 4.82. The highest BCUT2D eigenvalue weighted by atomic mass is 79.9. The molecule has 1 aromatic heterocycles. The molecule has 1 aliphatic heterocycles. The van der Waals surface area contributed by atoms with Crippen LogP contribution in [0.3, 0.4) is 0 Å². The molecule has 30 heavy (non-hydrogen) atoms. The number of Topliss-reactive ketones (excluding diaryl/α,β-unsaturated/α-hetero) is 1. The van der Waals surface area contributed by atoms with Gasteiger partial charge in [-0.15, -0.1) is 0 Å². The van der Waals surface area contributed by atoms with Crippen LogP contribution in [0.1, 0.15) is 48.0 Å². The van der Waals surface area contributed by atoms with Crippen LogP contribution < -0.4 is 4.74 Å².